The summed E-state index contributed by atoms with van der Waals surface area (Å²) in [5, 5.41) is 2.99. The summed E-state index contributed by atoms with van der Waals surface area (Å²) in [6, 6.07) is 7.64. The lowest BCUT2D eigenvalue weighted by Gasteiger charge is -2.13. The second kappa shape index (κ2) is 6.64. The van der Waals surface area contributed by atoms with Crippen molar-refractivity contribution in [3.8, 4) is 17.0 Å². The first-order valence-corrected chi connectivity index (χ1v) is 7.75. The summed E-state index contributed by atoms with van der Waals surface area (Å²) in [7, 11) is 1.61. The largest absolute Gasteiger partial charge is 0.497 e. The average molecular weight is 312 g/mol. The highest BCUT2D eigenvalue weighted by Crippen LogP contribution is 2.22. The maximum Gasteiger partial charge on any atom is 0.273 e. The molecule has 23 heavy (non-hydrogen) atoms. The molecule has 1 fully saturated rings. The smallest absolute Gasteiger partial charge is 0.273 e. The SMILES string of the molecule is COc1ccc(-c2cnc(N)c(C(=O)NC3CCCC3)n2)cc1. The number of carbonyl (C=O) groups is 1. The summed E-state index contributed by atoms with van der Waals surface area (Å²) in [5.41, 5.74) is 7.48. The number of carbonyl (C=O) groups excluding carboxylic acids is 1. The fourth-order valence-corrected chi connectivity index (χ4v) is 2.79. The van der Waals surface area contributed by atoms with E-state index in [-0.39, 0.29) is 23.5 Å². The van der Waals surface area contributed by atoms with Gasteiger partial charge < -0.3 is 15.8 Å². The first-order chi connectivity index (χ1) is 11.2. The Bertz CT molecular complexity index is 694. The maximum atomic E-state index is 12.4. The Kier molecular flexibility index (Phi) is 4.41. The topological polar surface area (TPSA) is 90.1 Å². The molecule has 0 spiro atoms. The molecular weight excluding hydrogens is 292 g/mol. The third-order valence-corrected chi connectivity index (χ3v) is 4.09. The monoisotopic (exact) mass is 312 g/mol. The van der Waals surface area contributed by atoms with Crippen LogP contribution in [-0.2, 0) is 0 Å². The molecule has 120 valence electrons. The quantitative estimate of drug-likeness (QED) is 0.904. The minimum atomic E-state index is -0.253. The predicted octanol–water partition coefficient (Wildman–Crippen LogP) is 2.41. The third kappa shape index (κ3) is 3.41. The Morgan fingerprint density at radius 3 is 2.61 bits per heavy atom. The van der Waals surface area contributed by atoms with Crippen molar-refractivity contribution >= 4 is 11.7 Å². The van der Waals surface area contributed by atoms with Gasteiger partial charge in [-0.25, -0.2) is 9.97 Å². The number of hydrogen-bond acceptors (Lipinski definition) is 5. The van der Waals surface area contributed by atoms with Gasteiger partial charge in [0.05, 0.1) is 19.0 Å². The average Bonchev–Trinajstić information content (AvgIpc) is 3.08. The Hall–Kier alpha value is -2.63. The molecule has 1 amide bonds. The number of amides is 1. The van der Waals surface area contributed by atoms with Gasteiger partial charge in [0.25, 0.3) is 5.91 Å². The van der Waals surface area contributed by atoms with Crippen LogP contribution in [0, 0.1) is 0 Å². The minimum Gasteiger partial charge on any atom is -0.497 e. The summed E-state index contributed by atoms with van der Waals surface area (Å²) in [5.74, 6) is 0.659. The molecule has 1 aliphatic rings. The summed E-state index contributed by atoms with van der Waals surface area (Å²) in [4.78, 5) is 20.9. The predicted molar refractivity (Wildman–Crippen MR) is 88.2 cm³/mol. The van der Waals surface area contributed by atoms with Gasteiger partial charge in [-0.15, -0.1) is 0 Å². The van der Waals surface area contributed by atoms with Crippen molar-refractivity contribution in [2.75, 3.05) is 12.8 Å². The van der Waals surface area contributed by atoms with Crippen LogP contribution in [0.15, 0.2) is 30.5 Å². The van der Waals surface area contributed by atoms with E-state index in [2.05, 4.69) is 15.3 Å². The van der Waals surface area contributed by atoms with Gasteiger partial charge in [0.15, 0.2) is 11.5 Å². The summed E-state index contributed by atoms with van der Waals surface area (Å²) >= 11 is 0. The summed E-state index contributed by atoms with van der Waals surface area (Å²) < 4.78 is 5.14. The zero-order chi connectivity index (χ0) is 16.2. The van der Waals surface area contributed by atoms with Gasteiger partial charge in [0.2, 0.25) is 0 Å². The van der Waals surface area contributed by atoms with Crippen molar-refractivity contribution < 1.29 is 9.53 Å². The van der Waals surface area contributed by atoms with Crippen LogP contribution in [0.3, 0.4) is 0 Å². The van der Waals surface area contributed by atoms with Crippen LogP contribution in [0.4, 0.5) is 5.82 Å². The number of ether oxygens (including phenoxy) is 1. The summed E-state index contributed by atoms with van der Waals surface area (Å²) in [6.07, 6.45) is 5.90. The van der Waals surface area contributed by atoms with Gasteiger partial charge in [-0.1, -0.05) is 12.8 Å². The first kappa shape index (κ1) is 15.3. The second-order valence-electron chi connectivity index (χ2n) is 5.67. The molecule has 3 rings (SSSR count). The Morgan fingerprint density at radius 1 is 1.26 bits per heavy atom. The zero-order valence-corrected chi connectivity index (χ0v) is 13.1. The van der Waals surface area contributed by atoms with Gasteiger partial charge >= 0.3 is 0 Å². The molecule has 0 atom stereocenters. The highest BCUT2D eigenvalue weighted by Gasteiger charge is 2.21. The minimum absolute atomic E-state index is 0.151. The molecule has 6 heteroatoms. The Labute approximate surface area is 135 Å². The normalized spacial score (nSPS) is 14.7. The molecule has 1 aromatic heterocycles. The Morgan fingerprint density at radius 2 is 1.96 bits per heavy atom. The third-order valence-electron chi connectivity index (χ3n) is 4.09. The fraction of sp³-hybridized carbons (Fsp3) is 0.353. The lowest BCUT2D eigenvalue weighted by atomic mass is 10.1. The van der Waals surface area contributed by atoms with Gasteiger partial charge in [-0.2, -0.15) is 0 Å². The number of benzene rings is 1. The van der Waals surface area contributed by atoms with Crippen molar-refractivity contribution in [1.29, 1.82) is 0 Å². The molecule has 2 aromatic rings. The van der Waals surface area contributed by atoms with Crippen LogP contribution in [-0.4, -0.2) is 29.0 Å². The molecule has 1 saturated carbocycles. The molecule has 0 saturated heterocycles. The second-order valence-corrected chi connectivity index (χ2v) is 5.67. The van der Waals surface area contributed by atoms with E-state index in [0.29, 0.717) is 5.69 Å². The van der Waals surface area contributed by atoms with Gasteiger partial charge in [-0.3, -0.25) is 4.79 Å². The van der Waals surface area contributed by atoms with E-state index in [4.69, 9.17) is 10.5 Å². The van der Waals surface area contributed by atoms with E-state index in [9.17, 15) is 4.79 Å². The number of aromatic nitrogens is 2. The summed E-state index contributed by atoms with van der Waals surface area (Å²) in [6.45, 7) is 0. The van der Waals surface area contributed by atoms with Crippen LogP contribution in [0.25, 0.3) is 11.3 Å². The molecule has 3 N–H and O–H groups in total. The van der Waals surface area contributed by atoms with Gasteiger partial charge in [0, 0.05) is 11.6 Å². The number of methoxy groups -OCH3 is 1. The zero-order valence-electron chi connectivity index (χ0n) is 13.1. The lowest BCUT2D eigenvalue weighted by Crippen LogP contribution is -2.33. The van der Waals surface area contributed by atoms with E-state index in [0.717, 1.165) is 37.0 Å². The van der Waals surface area contributed by atoms with E-state index < -0.39 is 0 Å². The van der Waals surface area contributed by atoms with Crippen LogP contribution >= 0.6 is 0 Å². The molecule has 0 aliphatic heterocycles. The van der Waals surface area contributed by atoms with Crippen LogP contribution in [0.2, 0.25) is 0 Å². The first-order valence-electron chi connectivity index (χ1n) is 7.75. The number of nitrogens with zero attached hydrogens (tertiary/aromatic N) is 2. The lowest BCUT2D eigenvalue weighted by molar-refractivity contribution is 0.0933. The van der Waals surface area contributed by atoms with E-state index in [1.54, 1.807) is 13.3 Å². The fourth-order valence-electron chi connectivity index (χ4n) is 2.79. The molecule has 0 bridgehead atoms. The molecule has 1 heterocycles. The molecule has 1 aliphatic carbocycles. The Balaban J connectivity index is 1.84. The highest BCUT2D eigenvalue weighted by molar-refractivity contribution is 5.97. The van der Waals surface area contributed by atoms with Crippen molar-refractivity contribution in [1.82, 2.24) is 15.3 Å². The molecule has 6 nitrogen and oxygen atoms in total. The number of rotatable bonds is 4. The molecule has 0 radical (unpaired) electrons. The van der Waals surface area contributed by atoms with E-state index >= 15 is 0 Å². The number of hydrogen-bond donors (Lipinski definition) is 2. The van der Waals surface area contributed by atoms with Crippen molar-refractivity contribution in [2.24, 2.45) is 0 Å². The molecule has 1 aromatic carbocycles. The molecule has 0 unspecified atom stereocenters. The van der Waals surface area contributed by atoms with Crippen molar-refractivity contribution in [3.63, 3.8) is 0 Å². The standard InChI is InChI=1S/C17H20N4O2/c1-23-13-8-6-11(7-9-13)14-10-19-16(18)15(21-14)17(22)20-12-4-2-3-5-12/h6-10,12H,2-5H2,1H3,(H2,18,19)(H,20,22). The highest BCUT2D eigenvalue weighted by atomic mass is 16.5. The number of nitrogens with one attached hydrogen (secondary N) is 1. The van der Waals surface area contributed by atoms with E-state index in [1.165, 1.54) is 0 Å². The maximum absolute atomic E-state index is 12.4. The number of nitrogen functional groups attached to an aromatic ring is 1. The van der Waals surface area contributed by atoms with Crippen LogP contribution in [0.1, 0.15) is 36.2 Å². The van der Waals surface area contributed by atoms with Gasteiger partial charge in [-0.05, 0) is 37.1 Å². The van der Waals surface area contributed by atoms with Gasteiger partial charge in [0.1, 0.15) is 5.75 Å². The van der Waals surface area contributed by atoms with Crippen molar-refractivity contribution in [3.05, 3.63) is 36.2 Å². The van der Waals surface area contributed by atoms with Crippen molar-refractivity contribution in [2.45, 2.75) is 31.7 Å². The van der Waals surface area contributed by atoms with Crippen LogP contribution in [0.5, 0.6) is 5.75 Å². The number of nitrogens with two attached hydrogens (primary N) is 1. The van der Waals surface area contributed by atoms with Crippen LogP contribution < -0.4 is 15.8 Å². The van der Waals surface area contributed by atoms with E-state index in [1.807, 2.05) is 24.3 Å². The number of anilines is 1. The molecular formula is C17H20N4O2.